The van der Waals surface area contributed by atoms with Crippen LogP contribution in [0.1, 0.15) is 6.92 Å². The summed E-state index contributed by atoms with van der Waals surface area (Å²) in [6, 6.07) is 6.65. The molecule has 5 nitrogen and oxygen atoms in total. The minimum absolute atomic E-state index is 0.383. The molecule has 72 valence electrons. The molecule has 5 heteroatoms. The Balaban J connectivity index is 2.66. The molecule has 0 N–H and O–H groups in total. The number of carbonyl (C=O) groups is 1. The van der Waals surface area contributed by atoms with E-state index in [9.17, 15) is 9.59 Å². The van der Waals surface area contributed by atoms with Crippen molar-refractivity contribution in [2.24, 2.45) is 0 Å². The molecule has 0 saturated heterocycles. The number of rotatable bonds is 1. The van der Waals surface area contributed by atoms with Crippen molar-refractivity contribution in [2.75, 3.05) is 0 Å². The van der Waals surface area contributed by atoms with Gasteiger partial charge in [0.1, 0.15) is 5.52 Å². The highest BCUT2D eigenvalue weighted by molar-refractivity contribution is 5.78. The van der Waals surface area contributed by atoms with Crippen LogP contribution in [-0.4, -0.2) is 10.9 Å². The molecule has 0 atom stereocenters. The molecule has 0 unspecified atom stereocenters. The van der Waals surface area contributed by atoms with Crippen LogP contribution in [0.2, 0.25) is 0 Å². The smallest absolute Gasteiger partial charge is 0.306 e. The Morgan fingerprint density at radius 3 is 2.86 bits per heavy atom. The van der Waals surface area contributed by atoms with E-state index in [2.05, 4.69) is 4.84 Å². The van der Waals surface area contributed by atoms with Gasteiger partial charge < -0.3 is 9.36 Å². The van der Waals surface area contributed by atoms with Crippen LogP contribution < -0.4 is 10.5 Å². The number of aromatic nitrogens is 1. The molecular formula is C9H7NO4. The van der Waals surface area contributed by atoms with Gasteiger partial charge >= 0.3 is 11.6 Å². The van der Waals surface area contributed by atoms with E-state index in [1.165, 1.54) is 6.92 Å². The summed E-state index contributed by atoms with van der Waals surface area (Å²) in [7, 11) is 0. The van der Waals surface area contributed by atoms with E-state index >= 15 is 0 Å². The fourth-order valence-corrected chi connectivity index (χ4v) is 1.16. The zero-order valence-electron chi connectivity index (χ0n) is 7.39. The van der Waals surface area contributed by atoms with Gasteiger partial charge in [0.25, 0.3) is 0 Å². The minimum Gasteiger partial charge on any atom is -0.306 e. The lowest BCUT2D eigenvalue weighted by atomic mass is 10.3. The number of benzene rings is 1. The van der Waals surface area contributed by atoms with Gasteiger partial charge in [-0.15, -0.1) is 0 Å². The van der Waals surface area contributed by atoms with E-state index in [-0.39, 0.29) is 0 Å². The van der Waals surface area contributed by atoms with E-state index < -0.39 is 11.6 Å². The Hall–Kier alpha value is -2.04. The van der Waals surface area contributed by atoms with Crippen LogP contribution in [0, 0.1) is 0 Å². The quantitative estimate of drug-likeness (QED) is 0.664. The molecule has 0 radical (unpaired) electrons. The third-order valence-corrected chi connectivity index (χ3v) is 1.70. The first kappa shape index (κ1) is 8.55. The first-order chi connectivity index (χ1) is 6.68. The van der Waals surface area contributed by atoms with Crippen LogP contribution >= 0.6 is 0 Å². The molecule has 1 heterocycles. The Labute approximate surface area is 78.4 Å². The van der Waals surface area contributed by atoms with Crippen LogP contribution in [0.25, 0.3) is 10.9 Å². The second kappa shape index (κ2) is 3.02. The second-order valence-electron chi connectivity index (χ2n) is 2.74. The van der Waals surface area contributed by atoms with Gasteiger partial charge in [0.15, 0.2) is 0 Å². The molecule has 0 fully saturated rings. The average molecular weight is 193 g/mol. The monoisotopic (exact) mass is 193 g/mol. The SMILES string of the molecule is CC(=O)On1oc(=O)c2ccccc21. The third kappa shape index (κ3) is 1.28. The van der Waals surface area contributed by atoms with Gasteiger partial charge in [-0.25, -0.2) is 9.59 Å². The van der Waals surface area contributed by atoms with Gasteiger partial charge in [-0.05, 0) is 17.0 Å². The summed E-state index contributed by atoms with van der Waals surface area (Å²) in [4.78, 5) is 27.3. The molecule has 2 rings (SSSR count). The summed E-state index contributed by atoms with van der Waals surface area (Å²) in [6.45, 7) is 1.23. The van der Waals surface area contributed by atoms with Crippen molar-refractivity contribution in [1.82, 2.24) is 4.90 Å². The van der Waals surface area contributed by atoms with E-state index in [1.807, 2.05) is 0 Å². The highest BCUT2D eigenvalue weighted by atomic mass is 16.8. The molecule has 0 bridgehead atoms. The van der Waals surface area contributed by atoms with Crippen molar-refractivity contribution in [1.29, 1.82) is 0 Å². The maximum atomic E-state index is 11.2. The third-order valence-electron chi connectivity index (χ3n) is 1.70. The summed E-state index contributed by atoms with van der Waals surface area (Å²) in [6.07, 6.45) is 0. The highest BCUT2D eigenvalue weighted by Crippen LogP contribution is 2.08. The maximum Gasteiger partial charge on any atom is 0.369 e. The molecule has 14 heavy (non-hydrogen) atoms. The van der Waals surface area contributed by atoms with Gasteiger partial charge in [0.2, 0.25) is 0 Å². The van der Waals surface area contributed by atoms with Gasteiger partial charge in [-0.1, -0.05) is 12.1 Å². The summed E-state index contributed by atoms with van der Waals surface area (Å²) >= 11 is 0. The van der Waals surface area contributed by atoms with Crippen LogP contribution in [0.3, 0.4) is 0 Å². The minimum atomic E-state index is -0.547. The van der Waals surface area contributed by atoms with Crippen molar-refractivity contribution >= 4 is 16.9 Å². The van der Waals surface area contributed by atoms with E-state index in [0.29, 0.717) is 10.9 Å². The summed E-state index contributed by atoms with van der Waals surface area (Å²) in [5.41, 5.74) is -0.0884. The van der Waals surface area contributed by atoms with Crippen molar-refractivity contribution in [3.05, 3.63) is 34.7 Å². The van der Waals surface area contributed by atoms with Gasteiger partial charge in [0.05, 0.1) is 5.39 Å². The highest BCUT2D eigenvalue weighted by Gasteiger charge is 2.09. The lowest BCUT2D eigenvalue weighted by molar-refractivity contribution is -0.150. The summed E-state index contributed by atoms with van der Waals surface area (Å²) in [5.74, 6) is -0.547. The van der Waals surface area contributed by atoms with E-state index in [1.54, 1.807) is 24.3 Å². The number of carbonyl (C=O) groups excluding carboxylic acids is 1. The predicted octanol–water partition coefficient (Wildman–Crippen LogP) is 0.570. The molecular weight excluding hydrogens is 186 g/mol. The Kier molecular flexibility index (Phi) is 1.85. The van der Waals surface area contributed by atoms with Crippen molar-refractivity contribution in [2.45, 2.75) is 6.92 Å². The van der Waals surface area contributed by atoms with Crippen molar-refractivity contribution in [3.8, 4) is 0 Å². The van der Waals surface area contributed by atoms with Crippen molar-refractivity contribution in [3.63, 3.8) is 0 Å². The molecule has 0 saturated carbocycles. The Morgan fingerprint density at radius 2 is 2.14 bits per heavy atom. The molecule has 2 aromatic rings. The van der Waals surface area contributed by atoms with Gasteiger partial charge in [-0.3, -0.25) is 0 Å². The average Bonchev–Trinajstić information content (AvgIpc) is 2.44. The number of para-hydroxylation sites is 1. The largest absolute Gasteiger partial charge is 0.369 e. The molecule has 0 aliphatic heterocycles. The van der Waals surface area contributed by atoms with Crippen LogP contribution in [0.4, 0.5) is 0 Å². The standard InChI is InChI=1S/C9H7NO4/c1-6(11)13-10-8-5-3-2-4-7(8)9(12)14-10/h2-5H,1H3. The van der Waals surface area contributed by atoms with Crippen molar-refractivity contribution < 1.29 is 14.2 Å². The zero-order chi connectivity index (χ0) is 10.1. The first-order valence-corrected chi connectivity index (χ1v) is 3.98. The van der Waals surface area contributed by atoms with Crippen LogP contribution in [-0.2, 0) is 4.79 Å². The molecule has 0 amide bonds. The fraction of sp³-hybridized carbons (Fsp3) is 0.111. The van der Waals surface area contributed by atoms with Gasteiger partial charge in [0, 0.05) is 6.92 Å². The number of fused-ring (bicyclic) bond motifs is 1. The Bertz CT molecular complexity index is 537. The normalized spacial score (nSPS) is 10.4. The lowest BCUT2D eigenvalue weighted by Gasteiger charge is -1.97. The summed E-state index contributed by atoms with van der Waals surface area (Å²) in [5, 5.41) is 0.383. The predicted molar refractivity (Wildman–Crippen MR) is 47.7 cm³/mol. The molecule has 1 aromatic carbocycles. The molecule has 1 aromatic heterocycles. The Morgan fingerprint density at radius 1 is 1.43 bits per heavy atom. The first-order valence-electron chi connectivity index (χ1n) is 3.98. The zero-order valence-corrected chi connectivity index (χ0v) is 7.39. The molecule has 0 aliphatic carbocycles. The van der Waals surface area contributed by atoms with E-state index in [0.717, 1.165) is 4.90 Å². The van der Waals surface area contributed by atoms with Crippen LogP contribution in [0.5, 0.6) is 0 Å². The van der Waals surface area contributed by atoms with Gasteiger partial charge in [-0.2, -0.15) is 0 Å². The van der Waals surface area contributed by atoms with Crippen LogP contribution in [0.15, 0.2) is 33.6 Å². The second-order valence-corrected chi connectivity index (χ2v) is 2.74. The summed E-state index contributed by atoms with van der Waals surface area (Å²) < 4.78 is 4.69. The molecule has 0 aliphatic rings. The number of hydrogen-bond donors (Lipinski definition) is 0. The van der Waals surface area contributed by atoms with E-state index in [4.69, 9.17) is 4.52 Å². The maximum absolute atomic E-state index is 11.2. The number of hydrogen-bond acceptors (Lipinski definition) is 4. The molecule has 0 spiro atoms. The fourth-order valence-electron chi connectivity index (χ4n) is 1.16. The lowest BCUT2D eigenvalue weighted by Crippen LogP contribution is -2.15. The topological polar surface area (TPSA) is 61.4 Å². The number of nitrogens with zero attached hydrogens (tertiary/aromatic N) is 1.